The van der Waals surface area contributed by atoms with Crippen LogP contribution in [0.3, 0.4) is 0 Å². The van der Waals surface area contributed by atoms with Gasteiger partial charge in [0, 0.05) is 6.04 Å². The molecule has 0 amide bonds. The fraction of sp³-hybridized carbons (Fsp3) is 0.611. The van der Waals surface area contributed by atoms with Gasteiger partial charge in [-0.1, -0.05) is 43.0 Å². The number of hydrogen-bond donors (Lipinski definition) is 1. The number of benzene rings is 1. The lowest BCUT2D eigenvalue weighted by atomic mass is 9.85. The third kappa shape index (κ3) is 3.46. The van der Waals surface area contributed by atoms with Gasteiger partial charge < -0.3 is 4.74 Å². The number of methoxy groups -OCH3 is 1. The first-order valence-corrected chi connectivity index (χ1v) is 7.91. The van der Waals surface area contributed by atoms with Crippen LogP contribution in [0.2, 0.25) is 0 Å². The lowest BCUT2D eigenvalue weighted by molar-refractivity contribution is -0.149. The maximum absolute atomic E-state index is 12.5. The molecule has 2 rings (SSSR count). The molecule has 3 nitrogen and oxygen atoms in total. The summed E-state index contributed by atoms with van der Waals surface area (Å²) in [5.41, 5.74) is 2.59. The number of carbonyl (C=O) groups is 1. The molecule has 21 heavy (non-hydrogen) atoms. The molecule has 116 valence electrons. The quantitative estimate of drug-likeness (QED) is 0.860. The minimum atomic E-state index is -0.769. The molecule has 1 N–H and O–H groups in total. The Hall–Kier alpha value is -1.35. The molecule has 1 atom stereocenters. The maximum atomic E-state index is 12.5. The third-order valence-electron chi connectivity index (χ3n) is 4.61. The summed E-state index contributed by atoms with van der Waals surface area (Å²) in [5.74, 6) is -0.208. The van der Waals surface area contributed by atoms with E-state index in [1.165, 1.54) is 31.9 Å². The van der Waals surface area contributed by atoms with Crippen LogP contribution in [0.15, 0.2) is 18.2 Å². The van der Waals surface area contributed by atoms with Crippen LogP contribution in [0.25, 0.3) is 0 Å². The highest BCUT2D eigenvalue weighted by Gasteiger charge is 2.39. The average Bonchev–Trinajstić information content (AvgIpc) is 2.47. The Morgan fingerprint density at radius 1 is 1.24 bits per heavy atom. The van der Waals surface area contributed by atoms with Crippen molar-refractivity contribution >= 4 is 5.97 Å². The van der Waals surface area contributed by atoms with Crippen molar-refractivity contribution in [2.24, 2.45) is 0 Å². The van der Waals surface area contributed by atoms with E-state index in [1.807, 2.05) is 6.92 Å². The van der Waals surface area contributed by atoms with E-state index in [4.69, 9.17) is 4.74 Å². The summed E-state index contributed by atoms with van der Waals surface area (Å²) in [6, 6.07) is 6.63. The molecule has 0 aliphatic heterocycles. The average molecular weight is 289 g/mol. The van der Waals surface area contributed by atoms with Crippen molar-refractivity contribution in [1.82, 2.24) is 5.32 Å². The molecule has 3 heteroatoms. The molecular formula is C18H27NO2. The number of nitrogens with one attached hydrogen (secondary N) is 1. The van der Waals surface area contributed by atoms with Crippen LogP contribution in [0, 0.1) is 13.8 Å². The van der Waals surface area contributed by atoms with E-state index in [9.17, 15) is 4.79 Å². The molecule has 0 bridgehead atoms. The highest BCUT2D eigenvalue weighted by molar-refractivity contribution is 5.82. The zero-order valence-electron chi connectivity index (χ0n) is 13.7. The predicted molar refractivity (Wildman–Crippen MR) is 85.3 cm³/mol. The first kappa shape index (κ1) is 16.0. The molecule has 0 heterocycles. The van der Waals surface area contributed by atoms with Gasteiger partial charge in [-0.2, -0.15) is 0 Å². The van der Waals surface area contributed by atoms with Gasteiger partial charge in [-0.3, -0.25) is 5.32 Å². The highest BCUT2D eigenvalue weighted by atomic mass is 16.5. The van der Waals surface area contributed by atoms with Crippen LogP contribution in [0.4, 0.5) is 0 Å². The molecule has 0 aromatic heterocycles. The smallest absolute Gasteiger partial charge is 0.330 e. The number of carbonyl (C=O) groups excluding carboxylic acids is 1. The molecule has 1 aromatic carbocycles. The Bertz CT molecular complexity index is 506. The van der Waals surface area contributed by atoms with Gasteiger partial charge in [-0.25, -0.2) is 4.79 Å². The van der Waals surface area contributed by atoms with Crippen molar-refractivity contribution in [1.29, 1.82) is 0 Å². The van der Waals surface area contributed by atoms with Crippen molar-refractivity contribution in [2.75, 3.05) is 7.11 Å². The summed E-state index contributed by atoms with van der Waals surface area (Å²) < 4.78 is 5.10. The summed E-state index contributed by atoms with van der Waals surface area (Å²) in [6.07, 6.45) is 6.05. The minimum Gasteiger partial charge on any atom is -0.467 e. The van der Waals surface area contributed by atoms with Gasteiger partial charge in [-0.15, -0.1) is 0 Å². The molecule has 1 aromatic rings. The summed E-state index contributed by atoms with van der Waals surface area (Å²) in [6.45, 7) is 6.08. The van der Waals surface area contributed by atoms with Gasteiger partial charge in [0.05, 0.1) is 7.11 Å². The maximum Gasteiger partial charge on any atom is 0.330 e. The lowest BCUT2D eigenvalue weighted by Gasteiger charge is -2.35. The number of esters is 1. The fourth-order valence-corrected chi connectivity index (χ4v) is 3.48. The Kier molecular flexibility index (Phi) is 5.04. The van der Waals surface area contributed by atoms with E-state index in [0.717, 1.165) is 24.0 Å². The Labute approximate surface area is 128 Å². The SMILES string of the molecule is COC(=O)C(C)(NC1CCCCC1)c1ccc(C)cc1C. The first-order chi connectivity index (χ1) is 9.97. The van der Waals surface area contributed by atoms with E-state index in [1.54, 1.807) is 0 Å². The predicted octanol–water partition coefficient (Wildman–Crippen LogP) is 3.61. The minimum absolute atomic E-state index is 0.208. The van der Waals surface area contributed by atoms with Crippen LogP contribution >= 0.6 is 0 Å². The Balaban J connectivity index is 2.33. The van der Waals surface area contributed by atoms with Crippen molar-refractivity contribution in [3.8, 4) is 0 Å². The third-order valence-corrected chi connectivity index (χ3v) is 4.61. The monoisotopic (exact) mass is 289 g/mol. The Morgan fingerprint density at radius 2 is 1.90 bits per heavy atom. The molecule has 1 aliphatic carbocycles. The van der Waals surface area contributed by atoms with Gasteiger partial charge >= 0.3 is 5.97 Å². The molecule has 0 radical (unpaired) electrons. The second-order valence-electron chi connectivity index (χ2n) is 6.41. The lowest BCUT2D eigenvalue weighted by Crippen LogP contribution is -2.52. The van der Waals surface area contributed by atoms with Crippen molar-refractivity contribution < 1.29 is 9.53 Å². The molecule has 1 fully saturated rings. The van der Waals surface area contributed by atoms with Gasteiger partial charge in [-0.05, 0) is 44.7 Å². The van der Waals surface area contributed by atoms with E-state index in [0.29, 0.717) is 6.04 Å². The summed E-state index contributed by atoms with van der Waals surface area (Å²) in [4.78, 5) is 12.5. The number of ether oxygens (including phenoxy) is 1. The summed E-state index contributed by atoms with van der Waals surface area (Å²) >= 11 is 0. The molecular weight excluding hydrogens is 262 g/mol. The Morgan fingerprint density at radius 3 is 2.48 bits per heavy atom. The number of hydrogen-bond acceptors (Lipinski definition) is 3. The van der Waals surface area contributed by atoms with Gasteiger partial charge in [0.15, 0.2) is 0 Å². The van der Waals surface area contributed by atoms with E-state index >= 15 is 0 Å². The fourth-order valence-electron chi connectivity index (χ4n) is 3.48. The largest absolute Gasteiger partial charge is 0.467 e. The van der Waals surface area contributed by atoms with Crippen LogP contribution < -0.4 is 5.32 Å². The molecule has 1 unspecified atom stereocenters. The van der Waals surface area contributed by atoms with Crippen molar-refractivity contribution in [2.45, 2.75) is 64.5 Å². The van der Waals surface area contributed by atoms with E-state index in [2.05, 4.69) is 37.4 Å². The van der Waals surface area contributed by atoms with Crippen molar-refractivity contribution in [3.05, 3.63) is 34.9 Å². The standard InChI is InChI=1S/C18H27NO2/c1-13-10-11-16(14(2)12-13)18(3,17(20)21-4)19-15-8-6-5-7-9-15/h10-12,15,19H,5-9H2,1-4H3. The van der Waals surface area contributed by atoms with Crippen LogP contribution in [-0.4, -0.2) is 19.1 Å². The van der Waals surface area contributed by atoms with E-state index < -0.39 is 5.54 Å². The zero-order valence-corrected chi connectivity index (χ0v) is 13.7. The van der Waals surface area contributed by atoms with Crippen LogP contribution in [0.1, 0.15) is 55.7 Å². The second kappa shape index (κ2) is 6.61. The van der Waals surface area contributed by atoms with Gasteiger partial charge in [0.1, 0.15) is 5.54 Å². The van der Waals surface area contributed by atoms with Gasteiger partial charge in [0.25, 0.3) is 0 Å². The second-order valence-corrected chi connectivity index (χ2v) is 6.41. The number of rotatable bonds is 4. The topological polar surface area (TPSA) is 38.3 Å². The van der Waals surface area contributed by atoms with Crippen LogP contribution in [0.5, 0.6) is 0 Å². The molecule has 1 saturated carbocycles. The number of aryl methyl sites for hydroxylation is 2. The first-order valence-electron chi connectivity index (χ1n) is 7.91. The molecule has 0 saturated heterocycles. The summed E-state index contributed by atoms with van der Waals surface area (Å²) in [5, 5.41) is 3.59. The molecule has 0 spiro atoms. The normalized spacial score (nSPS) is 19.0. The van der Waals surface area contributed by atoms with Gasteiger partial charge in [0.2, 0.25) is 0 Å². The highest BCUT2D eigenvalue weighted by Crippen LogP contribution is 2.29. The van der Waals surface area contributed by atoms with Crippen LogP contribution in [-0.2, 0) is 15.1 Å². The molecule has 1 aliphatic rings. The zero-order chi connectivity index (χ0) is 15.5. The van der Waals surface area contributed by atoms with Crippen molar-refractivity contribution in [3.63, 3.8) is 0 Å². The summed E-state index contributed by atoms with van der Waals surface area (Å²) in [7, 11) is 1.46. The van der Waals surface area contributed by atoms with E-state index in [-0.39, 0.29) is 5.97 Å².